The van der Waals surface area contributed by atoms with E-state index < -0.39 is 11.6 Å². The van der Waals surface area contributed by atoms with Crippen molar-refractivity contribution in [1.82, 2.24) is 5.32 Å². The number of halogens is 2. The number of nitrogens with one attached hydrogen (secondary N) is 1. The molecule has 17 heavy (non-hydrogen) atoms. The van der Waals surface area contributed by atoms with Crippen molar-refractivity contribution in [2.45, 2.75) is 13.8 Å². The molecule has 1 aromatic carbocycles. The van der Waals surface area contributed by atoms with Crippen molar-refractivity contribution in [1.29, 1.82) is 0 Å². The Hall–Kier alpha value is -1.29. The maximum atomic E-state index is 13.6. The summed E-state index contributed by atoms with van der Waals surface area (Å²) in [5.41, 5.74) is 0.0875. The molecule has 0 amide bonds. The van der Waals surface area contributed by atoms with E-state index in [4.69, 9.17) is 0 Å². The number of ketones is 1. The number of carbonyl (C=O) groups excluding carboxylic acids is 1. The lowest BCUT2D eigenvalue weighted by atomic mass is 9.83. The van der Waals surface area contributed by atoms with Crippen LogP contribution in [0.4, 0.5) is 8.78 Å². The highest BCUT2D eigenvalue weighted by Gasteiger charge is 2.31. The molecule has 1 heterocycles. The van der Waals surface area contributed by atoms with E-state index in [1.165, 1.54) is 19.1 Å². The summed E-state index contributed by atoms with van der Waals surface area (Å²) in [5, 5.41) is 3.06. The van der Waals surface area contributed by atoms with Gasteiger partial charge < -0.3 is 5.32 Å². The van der Waals surface area contributed by atoms with Crippen molar-refractivity contribution >= 4 is 5.78 Å². The zero-order valence-electron chi connectivity index (χ0n) is 9.89. The normalized spacial score (nSPS) is 17.6. The second kappa shape index (κ2) is 4.53. The molecule has 1 aliphatic rings. The van der Waals surface area contributed by atoms with E-state index in [1.807, 2.05) is 0 Å². The van der Waals surface area contributed by atoms with E-state index in [0.29, 0.717) is 0 Å². The summed E-state index contributed by atoms with van der Waals surface area (Å²) in [6.45, 7) is 4.78. The minimum Gasteiger partial charge on any atom is -0.316 e. The molecule has 1 unspecified atom stereocenters. The molecule has 2 rings (SSSR count). The van der Waals surface area contributed by atoms with Crippen LogP contribution in [0.2, 0.25) is 0 Å². The first-order valence-electron chi connectivity index (χ1n) is 5.72. The number of aryl methyl sites for hydroxylation is 1. The van der Waals surface area contributed by atoms with Gasteiger partial charge in [0, 0.05) is 5.92 Å². The summed E-state index contributed by atoms with van der Waals surface area (Å²) in [5.74, 6) is -2.30. The number of hydrogen-bond acceptors (Lipinski definition) is 2. The van der Waals surface area contributed by atoms with Gasteiger partial charge >= 0.3 is 0 Å². The van der Waals surface area contributed by atoms with Gasteiger partial charge in [-0.3, -0.25) is 4.79 Å². The van der Waals surface area contributed by atoms with E-state index in [1.54, 1.807) is 6.92 Å². The molecule has 0 aromatic heterocycles. The summed E-state index contributed by atoms with van der Waals surface area (Å²) < 4.78 is 27.0. The fraction of sp³-hybridized carbons (Fsp3) is 0.462. The number of rotatable bonds is 3. The van der Waals surface area contributed by atoms with Crippen LogP contribution in [0.25, 0.3) is 0 Å². The van der Waals surface area contributed by atoms with Crippen LogP contribution in [-0.4, -0.2) is 18.9 Å². The molecular formula is C13H15F2NO. The van der Waals surface area contributed by atoms with Crippen LogP contribution in [0.3, 0.4) is 0 Å². The van der Waals surface area contributed by atoms with Gasteiger partial charge in [-0.1, -0.05) is 13.0 Å². The minimum absolute atomic E-state index is 0.132. The third-order valence-electron chi connectivity index (χ3n) is 3.47. The zero-order chi connectivity index (χ0) is 12.6. The maximum Gasteiger partial charge on any atom is 0.169 e. The highest BCUT2D eigenvalue weighted by Crippen LogP contribution is 2.24. The topological polar surface area (TPSA) is 29.1 Å². The van der Waals surface area contributed by atoms with E-state index in [0.717, 1.165) is 13.1 Å². The fourth-order valence-corrected chi connectivity index (χ4v) is 1.96. The molecule has 0 aliphatic carbocycles. The van der Waals surface area contributed by atoms with Crippen molar-refractivity contribution in [2.24, 2.45) is 11.8 Å². The third-order valence-corrected chi connectivity index (χ3v) is 3.47. The number of benzene rings is 1. The van der Waals surface area contributed by atoms with Gasteiger partial charge in [0.15, 0.2) is 17.4 Å². The van der Waals surface area contributed by atoms with Crippen LogP contribution in [0.5, 0.6) is 0 Å². The SMILES string of the molecule is Cc1ccc(C(=O)C(C)C2CNC2)c(F)c1F. The first-order chi connectivity index (χ1) is 8.02. The van der Waals surface area contributed by atoms with Gasteiger partial charge in [0.25, 0.3) is 0 Å². The lowest BCUT2D eigenvalue weighted by Gasteiger charge is -2.31. The van der Waals surface area contributed by atoms with E-state index in [-0.39, 0.29) is 28.7 Å². The lowest BCUT2D eigenvalue weighted by Crippen LogP contribution is -2.47. The van der Waals surface area contributed by atoms with Crippen molar-refractivity contribution in [2.75, 3.05) is 13.1 Å². The number of carbonyl (C=O) groups is 1. The van der Waals surface area contributed by atoms with Crippen molar-refractivity contribution in [3.63, 3.8) is 0 Å². The molecule has 1 N–H and O–H groups in total. The summed E-state index contributed by atoms with van der Waals surface area (Å²) in [6, 6.07) is 2.82. The molecule has 1 aliphatic heterocycles. The van der Waals surface area contributed by atoms with Gasteiger partial charge in [-0.25, -0.2) is 8.78 Å². The molecule has 1 atom stereocenters. The molecule has 1 aromatic rings. The zero-order valence-corrected chi connectivity index (χ0v) is 9.89. The maximum absolute atomic E-state index is 13.6. The van der Waals surface area contributed by atoms with Gasteiger partial charge in [-0.2, -0.15) is 0 Å². The van der Waals surface area contributed by atoms with Crippen molar-refractivity contribution < 1.29 is 13.6 Å². The van der Waals surface area contributed by atoms with Crippen LogP contribution in [-0.2, 0) is 0 Å². The molecule has 0 spiro atoms. The number of hydrogen-bond donors (Lipinski definition) is 1. The van der Waals surface area contributed by atoms with Crippen LogP contribution in [0, 0.1) is 30.4 Å². The van der Waals surface area contributed by atoms with Crippen LogP contribution in [0.1, 0.15) is 22.8 Å². The minimum atomic E-state index is -1.02. The second-order valence-electron chi connectivity index (χ2n) is 4.63. The Morgan fingerprint density at radius 3 is 2.53 bits per heavy atom. The van der Waals surface area contributed by atoms with E-state index >= 15 is 0 Å². The standard InChI is InChI=1S/C13H15F2NO/c1-7-3-4-10(12(15)11(7)14)13(17)8(2)9-5-16-6-9/h3-4,8-9,16H,5-6H2,1-2H3. The van der Waals surface area contributed by atoms with E-state index in [2.05, 4.69) is 5.32 Å². The van der Waals surface area contributed by atoms with Crippen molar-refractivity contribution in [3.8, 4) is 0 Å². The van der Waals surface area contributed by atoms with Gasteiger partial charge in [0.2, 0.25) is 0 Å². The Morgan fingerprint density at radius 1 is 1.35 bits per heavy atom. The highest BCUT2D eigenvalue weighted by molar-refractivity contribution is 5.98. The first kappa shape index (κ1) is 12.2. The van der Waals surface area contributed by atoms with Gasteiger partial charge in [-0.05, 0) is 37.6 Å². The smallest absolute Gasteiger partial charge is 0.169 e. The summed E-state index contributed by atoms with van der Waals surface area (Å²) in [6.07, 6.45) is 0. The second-order valence-corrected chi connectivity index (χ2v) is 4.63. The average Bonchev–Trinajstić information content (AvgIpc) is 2.23. The fourth-order valence-electron chi connectivity index (χ4n) is 1.96. The van der Waals surface area contributed by atoms with Crippen LogP contribution < -0.4 is 5.32 Å². The average molecular weight is 239 g/mol. The molecule has 0 saturated carbocycles. The first-order valence-corrected chi connectivity index (χ1v) is 5.72. The molecule has 4 heteroatoms. The Bertz CT molecular complexity index is 455. The predicted molar refractivity (Wildman–Crippen MR) is 60.9 cm³/mol. The molecule has 92 valence electrons. The summed E-state index contributed by atoms with van der Waals surface area (Å²) in [4.78, 5) is 12.0. The summed E-state index contributed by atoms with van der Waals surface area (Å²) in [7, 11) is 0. The lowest BCUT2D eigenvalue weighted by molar-refractivity contribution is 0.0848. The van der Waals surface area contributed by atoms with Gasteiger partial charge in [-0.15, -0.1) is 0 Å². The molecule has 1 saturated heterocycles. The largest absolute Gasteiger partial charge is 0.316 e. The van der Waals surface area contributed by atoms with Gasteiger partial charge in [0.1, 0.15) is 0 Å². The van der Waals surface area contributed by atoms with Crippen LogP contribution in [0.15, 0.2) is 12.1 Å². The summed E-state index contributed by atoms with van der Waals surface area (Å²) >= 11 is 0. The molecule has 1 fully saturated rings. The number of Topliss-reactive ketones (excluding diaryl/α,β-unsaturated/α-hetero) is 1. The third kappa shape index (κ3) is 2.09. The van der Waals surface area contributed by atoms with Crippen LogP contribution >= 0.6 is 0 Å². The Balaban J connectivity index is 2.27. The Morgan fingerprint density at radius 2 is 2.00 bits per heavy atom. The Kier molecular flexibility index (Phi) is 3.24. The molecular weight excluding hydrogens is 224 g/mol. The Labute approximate surface area is 99.0 Å². The van der Waals surface area contributed by atoms with Crippen molar-refractivity contribution in [3.05, 3.63) is 34.9 Å². The molecule has 0 bridgehead atoms. The monoisotopic (exact) mass is 239 g/mol. The highest BCUT2D eigenvalue weighted by atomic mass is 19.2. The molecule has 0 radical (unpaired) electrons. The predicted octanol–water partition coefficient (Wildman–Crippen LogP) is 2.31. The quantitative estimate of drug-likeness (QED) is 0.820. The molecule has 2 nitrogen and oxygen atoms in total. The van der Waals surface area contributed by atoms with Gasteiger partial charge in [0.05, 0.1) is 5.56 Å². The van der Waals surface area contributed by atoms with E-state index in [9.17, 15) is 13.6 Å².